The highest BCUT2D eigenvalue weighted by Crippen LogP contribution is 2.25. The SMILES string of the molecule is O=C(N[C@@H]1C=C[C@H](CO)C1)c1ccc(SC(F)F)cc1. The van der Waals surface area contributed by atoms with Gasteiger partial charge in [0.1, 0.15) is 0 Å². The fourth-order valence-corrected chi connectivity index (χ4v) is 2.56. The molecule has 0 spiro atoms. The molecule has 2 atom stereocenters. The first-order chi connectivity index (χ1) is 9.58. The van der Waals surface area contributed by atoms with Crippen LogP contribution in [0.3, 0.4) is 0 Å². The lowest BCUT2D eigenvalue weighted by atomic mass is 10.1. The van der Waals surface area contributed by atoms with Gasteiger partial charge >= 0.3 is 0 Å². The molecule has 1 aliphatic rings. The quantitative estimate of drug-likeness (QED) is 0.649. The number of benzene rings is 1. The van der Waals surface area contributed by atoms with Gasteiger partial charge in [-0.15, -0.1) is 0 Å². The van der Waals surface area contributed by atoms with Gasteiger partial charge in [-0.25, -0.2) is 0 Å². The average molecular weight is 299 g/mol. The molecule has 0 unspecified atom stereocenters. The Bertz CT molecular complexity index is 490. The smallest absolute Gasteiger partial charge is 0.288 e. The Labute approximate surface area is 120 Å². The number of carbonyl (C=O) groups excluding carboxylic acids is 1. The highest BCUT2D eigenvalue weighted by molar-refractivity contribution is 7.99. The van der Waals surface area contributed by atoms with Crippen molar-refractivity contribution in [2.24, 2.45) is 5.92 Å². The number of hydrogen-bond acceptors (Lipinski definition) is 3. The van der Waals surface area contributed by atoms with E-state index in [0.717, 1.165) is 0 Å². The van der Waals surface area contributed by atoms with Crippen LogP contribution in [0.25, 0.3) is 0 Å². The maximum Gasteiger partial charge on any atom is 0.288 e. The summed E-state index contributed by atoms with van der Waals surface area (Å²) in [5, 5.41) is 11.8. The van der Waals surface area contributed by atoms with Crippen LogP contribution in [0.1, 0.15) is 16.8 Å². The third-order valence-corrected chi connectivity index (χ3v) is 3.79. The fourth-order valence-electron chi connectivity index (χ4n) is 2.06. The molecule has 20 heavy (non-hydrogen) atoms. The zero-order chi connectivity index (χ0) is 14.5. The summed E-state index contributed by atoms with van der Waals surface area (Å²) in [4.78, 5) is 12.4. The molecule has 0 saturated carbocycles. The van der Waals surface area contributed by atoms with Gasteiger partial charge in [-0.2, -0.15) is 8.78 Å². The van der Waals surface area contributed by atoms with E-state index in [2.05, 4.69) is 5.32 Å². The van der Waals surface area contributed by atoms with Crippen LogP contribution in [0.4, 0.5) is 8.78 Å². The van der Waals surface area contributed by atoms with Gasteiger partial charge in [0.05, 0.1) is 0 Å². The maximum atomic E-state index is 12.2. The number of nitrogens with one attached hydrogen (secondary N) is 1. The van der Waals surface area contributed by atoms with Gasteiger partial charge in [-0.3, -0.25) is 4.79 Å². The summed E-state index contributed by atoms with van der Waals surface area (Å²) < 4.78 is 24.4. The number of amides is 1. The standard InChI is InChI=1S/C14H15F2NO2S/c15-14(16)20-12-5-2-10(3-6-12)13(19)17-11-4-1-9(7-11)8-18/h1-6,9,11,14,18H,7-8H2,(H,17,19)/t9-,11+/m0/s1. The summed E-state index contributed by atoms with van der Waals surface area (Å²) in [5.41, 5.74) is 0.435. The fraction of sp³-hybridized carbons (Fsp3) is 0.357. The van der Waals surface area contributed by atoms with Crippen molar-refractivity contribution in [2.75, 3.05) is 6.61 Å². The molecule has 1 aromatic carbocycles. The van der Waals surface area contributed by atoms with Crippen molar-refractivity contribution >= 4 is 17.7 Å². The highest BCUT2D eigenvalue weighted by atomic mass is 32.2. The van der Waals surface area contributed by atoms with Gasteiger partial charge in [-0.05, 0) is 30.7 Å². The van der Waals surface area contributed by atoms with Crippen molar-refractivity contribution in [1.82, 2.24) is 5.32 Å². The second kappa shape index (κ2) is 6.85. The first-order valence-corrected chi connectivity index (χ1v) is 7.11. The zero-order valence-corrected chi connectivity index (χ0v) is 11.4. The van der Waals surface area contributed by atoms with Crippen LogP contribution >= 0.6 is 11.8 Å². The molecular weight excluding hydrogens is 284 g/mol. The summed E-state index contributed by atoms with van der Waals surface area (Å²) in [6.45, 7) is 0.0718. The third kappa shape index (κ3) is 4.05. The predicted octanol–water partition coefficient (Wildman–Crippen LogP) is 2.67. The normalized spacial score (nSPS) is 21.4. The Morgan fingerprint density at radius 1 is 1.35 bits per heavy atom. The van der Waals surface area contributed by atoms with Crippen LogP contribution in [0.15, 0.2) is 41.3 Å². The predicted molar refractivity (Wildman–Crippen MR) is 73.9 cm³/mol. The number of aliphatic hydroxyl groups is 1. The summed E-state index contributed by atoms with van der Waals surface area (Å²) in [5.74, 6) is -2.62. The van der Waals surface area contributed by atoms with Crippen molar-refractivity contribution in [1.29, 1.82) is 0 Å². The van der Waals surface area contributed by atoms with E-state index in [0.29, 0.717) is 28.6 Å². The van der Waals surface area contributed by atoms with E-state index in [1.54, 1.807) is 0 Å². The van der Waals surface area contributed by atoms with Crippen LogP contribution < -0.4 is 5.32 Å². The molecule has 0 heterocycles. The number of carbonyl (C=O) groups is 1. The molecule has 2 N–H and O–H groups in total. The minimum atomic E-state index is -2.46. The number of alkyl halides is 2. The Hall–Kier alpha value is -1.40. The summed E-state index contributed by atoms with van der Waals surface area (Å²) in [6.07, 6.45) is 4.43. The van der Waals surface area contributed by atoms with E-state index in [9.17, 15) is 13.6 Å². The van der Waals surface area contributed by atoms with Gasteiger partial charge in [0.2, 0.25) is 0 Å². The molecule has 1 amide bonds. The summed E-state index contributed by atoms with van der Waals surface area (Å²) in [6, 6.07) is 5.99. The average Bonchev–Trinajstić information content (AvgIpc) is 2.86. The van der Waals surface area contributed by atoms with Crippen LogP contribution in [0, 0.1) is 5.92 Å². The lowest BCUT2D eigenvalue weighted by molar-refractivity contribution is 0.0941. The molecule has 2 rings (SSSR count). The van der Waals surface area contributed by atoms with E-state index in [-0.39, 0.29) is 24.5 Å². The number of halogens is 2. The molecule has 0 bridgehead atoms. The molecule has 1 aromatic rings. The van der Waals surface area contributed by atoms with Gasteiger partial charge in [0, 0.05) is 29.0 Å². The highest BCUT2D eigenvalue weighted by Gasteiger charge is 2.20. The Balaban J connectivity index is 1.91. The molecule has 6 heteroatoms. The second-order valence-electron chi connectivity index (χ2n) is 4.55. The van der Waals surface area contributed by atoms with Crippen LogP contribution in [0.2, 0.25) is 0 Å². The van der Waals surface area contributed by atoms with Crippen LogP contribution in [-0.4, -0.2) is 29.4 Å². The molecule has 3 nitrogen and oxygen atoms in total. The zero-order valence-electron chi connectivity index (χ0n) is 10.6. The molecule has 0 aromatic heterocycles. The minimum absolute atomic E-state index is 0.0718. The number of aliphatic hydroxyl groups excluding tert-OH is 1. The Kier molecular flexibility index (Phi) is 5.14. The van der Waals surface area contributed by atoms with Crippen molar-refractivity contribution in [3.05, 3.63) is 42.0 Å². The molecule has 0 fully saturated rings. The van der Waals surface area contributed by atoms with E-state index in [4.69, 9.17) is 5.11 Å². The lowest BCUT2D eigenvalue weighted by Crippen LogP contribution is -2.32. The maximum absolute atomic E-state index is 12.2. The first kappa shape index (κ1) is 15.0. The number of rotatable bonds is 5. The van der Waals surface area contributed by atoms with Gasteiger partial charge < -0.3 is 10.4 Å². The van der Waals surface area contributed by atoms with Crippen molar-refractivity contribution < 1.29 is 18.7 Å². The first-order valence-electron chi connectivity index (χ1n) is 6.23. The van der Waals surface area contributed by atoms with Crippen LogP contribution in [0.5, 0.6) is 0 Å². The van der Waals surface area contributed by atoms with E-state index in [1.165, 1.54) is 24.3 Å². The number of hydrogen-bond donors (Lipinski definition) is 2. The third-order valence-electron chi connectivity index (χ3n) is 3.06. The van der Waals surface area contributed by atoms with Gasteiger partial charge in [-0.1, -0.05) is 23.9 Å². The molecule has 108 valence electrons. The molecule has 0 saturated heterocycles. The van der Waals surface area contributed by atoms with E-state index >= 15 is 0 Å². The molecular formula is C14H15F2NO2S. The minimum Gasteiger partial charge on any atom is -0.396 e. The van der Waals surface area contributed by atoms with Crippen molar-refractivity contribution in [2.45, 2.75) is 23.1 Å². The Morgan fingerprint density at radius 2 is 2.05 bits per heavy atom. The molecule has 0 radical (unpaired) electrons. The van der Waals surface area contributed by atoms with Crippen molar-refractivity contribution in [3.63, 3.8) is 0 Å². The largest absolute Gasteiger partial charge is 0.396 e. The Morgan fingerprint density at radius 3 is 2.60 bits per heavy atom. The van der Waals surface area contributed by atoms with Gasteiger partial charge in [0.15, 0.2) is 0 Å². The topological polar surface area (TPSA) is 49.3 Å². The van der Waals surface area contributed by atoms with Crippen molar-refractivity contribution in [3.8, 4) is 0 Å². The summed E-state index contributed by atoms with van der Waals surface area (Å²) in [7, 11) is 0. The molecule has 0 aliphatic heterocycles. The number of thioether (sulfide) groups is 1. The molecule has 1 aliphatic carbocycles. The monoisotopic (exact) mass is 299 g/mol. The van der Waals surface area contributed by atoms with Gasteiger partial charge in [0.25, 0.3) is 11.7 Å². The second-order valence-corrected chi connectivity index (χ2v) is 5.61. The van der Waals surface area contributed by atoms with E-state index in [1.807, 2.05) is 12.2 Å². The summed E-state index contributed by atoms with van der Waals surface area (Å²) >= 11 is 0.451. The van der Waals surface area contributed by atoms with E-state index < -0.39 is 5.76 Å². The van der Waals surface area contributed by atoms with Crippen LogP contribution in [-0.2, 0) is 0 Å². The lowest BCUT2D eigenvalue weighted by Gasteiger charge is -2.13.